The number of rotatable bonds is 12. The maximum Gasteiger partial charge on any atom is 0.340 e. The highest BCUT2D eigenvalue weighted by molar-refractivity contribution is 5.92. The van der Waals surface area contributed by atoms with Crippen LogP contribution in [0.3, 0.4) is 0 Å². The van der Waals surface area contributed by atoms with E-state index in [4.69, 9.17) is 23.7 Å². The van der Waals surface area contributed by atoms with Crippen LogP contribution in [-0.2, 0) is 33.3 Å². The number of aliphatic hydroxyl groups is 6. The van der Waals surface area contributed by atoms with Crippen molar-refractivity contribution < 1.29 is 69.0 Å². The molecule has 234 valence electrons. The van der Waals surface area contributed by atoms with Gasteiger partial charge in [-0.05, 0) is 24.6 Å². The second-order valence-corrected chi connectivity index (χ2v) is 9.72. The summed E-state index contributed by atoms with van der Waals surface area (Å²) in [4.78, 5) is 25.9. The first-order chi connectivity index (χ1) is 19.9. The molecule has 0 spiro atoms. The Kier molecular flexibility index (Phi) is 11.0. The van der Waals surface area contributed by atoms with Gasteiger partial charge in [0.1, 0.15) is 29.6 Å². The summed E-state index contributed by atoms with van der Waals surface area (Å²) in [5, 5.41) is 71.8. The standard InChI is InChI=1S/C27H37NO14/c1-4-17-24(42-25-21(39-5-2)27(36,37)20(31)19(13-30)41-25)40-14-18(23(34)38-3)26(17,35)7-6-15-10-16(22(32)33)12-28(11-15)8-9-29/h4,6-7,10,12,14,17,19-21,24-25,29-31,35-37H,1,5,8-9,11,13H2,2-3H3,(H,32,33)/b7-6+/t17-,19+,20+,21-,24-,25-,26+/m0/s1. The van der Waals surface area contributed by atoms with Crippen molar-refractivity contribution in [2.45, 2.75) is 49.2 Å². The lowest BCUT2D eigenvalue weighted by molar-refractivity contribution is -0.411. The minimum absolute atomic E-state index is 0.0576. The first-order valence-electron chi connectivity index (χ1n) is 13.0. The Morgan fingerprint density at radius 3 is 2.52 bits per heavy atom. The van der Waals surface area contributed by atoms with Crippen LogP contribution < -0.4 is 0 Å². The van der Waals surface area contributed by atoms with Crippen LogP contribution in [0.2, 0.25) is 0 Å². The van der Waals surface area contributed by atoms with E-state index in [1.165, 1.54) is 30.5 Å². The molecular weight excluding hydrogens is 562 g/mol. The van der Waals surface area contributed by atoms with Crippen molar-refractivity contribution >= 4 is 11.9 Å². The Labute approximate surface area is 241 Å². The number of aliphatic hydroxyl groups excluding tert-OH is 3. The number of hydrogen-bond donors (Lipinski definition) is 7. The first-order valence-corrected chi connectivity index (χ1v) is 13.0. The van der Waals surface area contributed by atoms with E-state index in [1.807, 2.05) is 0 Å². The molecule has 7 N–H and O–H groups in total. The number of ether oxygens (including phenoxy) is 5. The second-order valence-electron chi connectivity index (χ2n) is 9.72. The third-order valence-electron chi connectivity index (χ3n) is 7.00. The number of esters is 1. The zero-order valence-corrected chi connectivity index (χ0v) is 23.1. The van der Waals surface area contributed by atoms with Gasteiger partial charge in [0.05, 0.1) is 31.8 Å². The Bertz CT molecular complexity index is 1130. The summed E-state index contributed by atoms with van der Waals surface area (Å²) in [6, 6.07) is 0. The second kappa shape index (κ2) is 13.9. The van der Waals surface area contributed by atoms with Gasteiger partial charge in [-0.1, -0.05) is 12.2 Å². The molecule has 0 aromatic heterocycles. The fourth-order valence-electron chi connectivity index (χ4n) is 4.83. The third-order valence-corrected chi connectivity index (χ3v) is 7.00. The largest absolute Gasteiger partial charge is 0.478 e. The summed E-state index contributed by atoms with van der Waals surface area (Å²) in [7, 11) is 1.09. The van der Waals surface area contributed by atoms with E-state index in [1.54, 1.807) is 11.8 Å². The number of β-amino-alcohol motifs (C(OH)–C–C–N with tert-alkyl or cyclic N) is 1. The molecule has 1 saturated heterocycles. The van der Waals surface area contributed by atoms with Crippen molar-refractivity contribution in [1.82, 2.24) is 4.90 Å². The van der Waals surface area contributed by atoms with Crippen LogP contribution in [0, 0.1) is 5.92 Å². The molecule has 3 heterocycles. The van der Waals surface area contributed by atoms with Crippen molar-refractivity contribution in [3.63, 3.8) is 0 Å². The molecule has 3 aliphatic rings. The Balaban J connectivity index is 2.00. The number of carboxylic acids is 1. The molecule has 0 radical (unpaired) electrons. The van der Waals surface area contributed by atoms with Crippen molar-refractivity contribution in [1.29, 1.82) is 0 Å². The van der Waals surface area contributed by atoms with Crippen molar-refractivity contribution in [2.75, 3.05) is 40.0 Å². The summed E-state index contributed by atoms with van der Waals surface area (Å²) in [6.45, 7) is 4.46. The van der Waals surface area contributed by atoms with E-state index in [9.17, 15) is 45.3 Å². The van der Waals surface area contributed by atoms with Gasteiger partial charge in [-0.3, -0.25) is 0 Å². The van der Waals surface area contributed by atoms with Crippen molar-refractivity contribution in [3.05, 3.63) is 60.1 Å². The molecule has 0 aromatic rings. The topological polar surface area (TPSA) is 225 Å². The molecule has 3 rings (SSSR count). The molecule has 15 nitrogen and oxygen atoms in total. The van der Waals surface area contributed by atoms with Crippen LogP contribution in [0.1, 0.15) is 6.92 Å². The number of aliphatic carboxylic acids is 1. The van der Waals surface area contributed by atoms with Gasteiger partial charge in [0.25, 0.3) is 0 Å². The summed E-state index contributed by atoms with van der Waals surface area (Å²) in [6.07, 6.45) is -0.909. The summed E-state index contributed by atoms with van der Waals surface area (Å²) in [5.74, 6) is -6.39. The number of carbonyl (C=O) groups is 2. The number of carboxylic acid groups (broad SMARTS) is 1. The fraction of sp³-hybridized carbons (Fsp3) is 0.556. The molecule has 42 heavy (non-hydrogen) atoms. The van der Waals surface area contributed by atoms with Crippen molar-refractivity contribution in [3.8, 4) is 0 Å². The van der Waals surface area contributed by atoms with Crippen LogP contribution in [0.5, 0.6) is 0 Å². The van der Waals surface area contributed by atoms with Crippen LogP contribution >= 0.6 is 0 Å². The van der Waals surface area contributed by atoms with E-state index < -0.39 is 66.7 Å². The first kappa shape index (κ1) is 33.4. The highest BCUT2D eigenvalue weighted by atomic mass is 16.8. The van der Waals surface area contributed by atoms with Crippen LogP contribution in [0.15, 0.2) is 60.1 Å². The monoisotopic (exact) mass is 599 g/mol. The molecular formula is C27H37NO14. The van der Waals surface area contributed by atoms with Gasteiger partial charge < -0.3 is 64.3 Å². The van der Waals surface area contributed by atoms with Gasteiger partial charge in [-0.15, -0.1) is 6.58 Å². The van der Waals surface area contributed by atoms with E-state index >= 15 is 0 Å². The molecule has 0 amide bonds. The number of nitrogens with zero attached hydrogens (tertiary/aromatic N) is 1. The maximum atomic E-state index is 12.7. The normalized spacial score (nSPS) is 32.9. The maximum absolute atomic E-state index is 12.7. The lowest BCUT2D eigenvalue weighted by atomic mass is 9.78. The molecule has 7 atom stereocenters. The van der Waals surface area contributed by atoms with E-state index in [-0.39, 0.29) is 37.4 Å². The predicted octanol–water partition coefficient (Wildman–Crippen LogP) is -2.13. The van der Waals surface area contributed by atoms with Gasteiger partial charge in [0.15, 0.2) is 12.4 Å². The van der Waals surface area contributed by atoms with Gasteiger partial charge >= 0.3 is 11.9 Å². The van der Waals surface area contributed by atoms with Crippen LogP contribution in [0.4, 0.5) is 0 Å². The van der Waals surface area contributed by atoms with Gasteiger partial charge in [-0.2, -0.15) is 0 Å². The minimum Gasteiger partial charge on any atom is -0.478 e. The Morgan fingerprint density at radius 2 is 1.95 bits per heavy atom. The smallest absolute Gasteiger partial charge is 0.340 e. The zero-order valence-electron chi connectivity index (χ0n) is 23.1. The fourth-order valence-corrected chi connectivity index (χ4v) is 4.83. The quantitative estimate of drug-likeness (QED) is 0.0723. The Morgan fingerprint density at radius 1 is 1.24 bits per heavy atom. The molecule has 0 saturated carbocycles. The molecule has 15 heteroatoms. The van der Waals surface area contributed by atoms with Gasteiger partial charge in [-0.25, -0.2) is 9.59 Å². The van der Waals surface area contributed by atoms with Crippen LogP contribution in [-0.4, -0.2) is 135 Å². The van der Waals surface area contributed by atoms with E-state index in [0.29, 0.717) is 5.57 Å². The summed E-state index contributed by atoms with van der Waals surface area (Å²) < 4.78 is 27.2. The SMILES string of the molecule is C=C[C@H]1[C@H](O[C@@H]2O[C@H](CO)[C@@H](O)C(O)(O)[C@H]2OCC)OC=C(C(=O)OC)[C@@]1(O)/C=C/C1=CC(C(=O)O)=CN(CCO)C1. The van der Waals surface area contributed by atoms with Gasteiger partial charge in [0.2, 0.25) is 12.1 Å². The average molecular weight is 600 g/mol. The Hall–Kier alpha value is -3.12. The summed E-state index contributed by atoms with van der Waals surface area (Å²) in [5.41, 5.74) is -2.26. The van der Waals surface area contributed by atoms with Gasteiger partial charge in [0, 0.05) is 25.9 Å². The highest BCUT2D eigenvalue weighted by Gasteiger charge is 2.58. The van der Waals surface area contributed by atoms with E-state index in [2.05, 4.69) is 6.58 Å². The lowest BCUT2D eigenvalue weighted by Gasteiger charge is -2.48. The lowest BCUT2D eigenvalue weighted by Crippen LogP contribution is -2.69. The average Bonchev–Trinajstić information content (AvgIpc) is 2.95. The predicted molar refractivity (Wildman–Crippen MR) is 141 cm³/mol. The number of hydrogen-bond acceptors (Lipinski definition) is 14. The molecule has 0 aliphatic carbocycles. The minimum atomic E-state index is -2.92. The number of carbonyl (C=O) groups excluding carboxylic acids is 1. The summed E-state index contributed by atoms with van der Waals surface area (Å²) >= 11 is 0. The highest BCUT2D eigenvalue weighted by Crippen LogP contribution is 2.40. The van der Waals surface area contributed by atoms with Crippen LogP contribution in [0.25, 0.3) is 0 Å². The van der Waals surface area contributed by atoms with Crippen molar-refractivity contribution in [2.24, 2.45) is 5.92 Å². The molecule has 1 fully saturated rings. The number of methoxy groups -OCH3 is 1. The van der Waals surface area contributed by atoms with E-state index in [0.717, 1.165) is 13.4 Å². The zero-order chi connectivity index (χ0) is 31.2. The molecule has 3 aliphatic heterocycles. The molecule has 0 bridgehead atoms. The molecule has 0 aromatic carbocycles. The third kappa shape index (κ3) is 6.75. The molecule has 0 unspecified atom stereocenters.